The van der Waals surface area contributed by atoms with E-state index in [2.05, 4.69) is 25.3 Å². The number of aromatic nitrogens is 2. The van der Waals surface area contributed by atoms with Crippen LogP contribution in [-0.2, 0) is 26.2 Å². The molecule has 12 nitrogen and oxygen atoms in total. The zero-order chi connectivity index (χ0) is 32.0. The Hall–Kier alpha value is -5.40. The maximum atomic E-state index is 13.7. The highest BCUT2D eigenvalue weighted by Gasteiger charge is 2.22. The molecule has 1 atom stereocenters. The van der Waals surface area contributed by atoms with Crippen molar-refractivity contribution in [3.63, 3.8) is 0 Å². The molecule has 1 aromatic heterocycles. The van der Waals surface area contributed by atoms with Crippen LogP contribution in [0.4, 0.5) is 23.0 Å². The van der Waals surface area contributed by atoms with Gasteiger partial charge in [-0.1, -0.05) is 48.0 Å². The summed E-state index contributed by atoms with van der Waals surface area (Å²) in [6.07, 6.45) is -1.21. The van der Waals surface area contributed by atoms with E-state index in [0.717, 1.165) is 11.1 Å². The smallest absolute Gasteiger partial charge is 0.267 e. The van der Waals surface area contributed by atoms with Gasteiger partial charge in [0.25, 0.3) is 15.9 Å². The minimum Gasteiger partial charge on any atom is -0.497 e. The summed E-state index contributed by atoms with van der Waals surface area (Å²) in [4.78, 5) is 21.2. The number of fused-ring (bicyclic) bond motifs is 1. The van der Waals surface area contributed by atoms with Gasteiger partial charge in [0.05, 0.1) is 36.8 Å². The average Bonchev–Trinajstić information content (AvgIpc) is 3.03. The van der Waals surface area contributed by atoms with Gasteiger partial charge >= 0.3 is 0 Å². The van der Waals surface area contributed by atoms with Crippen molar-refractivity contribution in [2.24, 2.45) is 5.73 Å². The lowest BCUT2D eigenvalue weighted by Crippen LogP contribution is -2.37. The van der Waals surface area contributed by atoms with E-state index in [4.69, 9.17) is 19.9 Å². The van der Waals surface area contributed by atoms with E-state index in [1.165, 1.54) is 32.4 Å². The molecule has 4 aromatic carbocycles. The van der Waals surface area contributed by atoms with Gasteiger partial charge in [-0.15, -0.1) is 0 Å². The molecular weight excluding hydrogens is 596 g/mol. The molecule has 0 aliphatic carbocycles. The highest BCUT2D eigenvalue weighted by Crippen LogP contribution is 2.31. The lowest BCUT2D eigenvalue weighted by atomic mass is 10.2. The summed E-state index contributed by atoms with van der Waals surface area (Å²) in [5.41, 5.74) is 9.37. The molecule has 0 bridgehead atoms. The Bertz CT molecular complexity index is 1910. The van der Waals surface area contributed by atoms with Crippen LogP contribution in [0.3, 0.4) is 0 Å². The summed E-state index contributed by atoms with van der Waals surface area (Å²) in [7, 11) is -1.15. The summed E-state index contributed by atoms with van der Waals surface area (Å²) in [6.45, 7) is 2.09. The van der Waals surface area contributed by atoms with E-state index in [0.29, 0.717) is 33.9 Å². The largest absolute Gasteiger partial charge is 0.497 e. The van der Waals surface area contributed by atoms with Crippen LogP contribution in [-0.4, -0.2) is 44.7 Å². The first-order chi connectivity index (χ1) is 21.6. The highest BCUT2D eigenvalue weighted by atomic mass is 32.2. The van der Waals surface area contributed by atoms with Gasteiger partial charge in [0.1, 0.15) is 11.5 Å². The molecule has 5 aromatic rings. The lowest BCUT2D eigenvalue weighted by molar-refractivity contribution is -0.128. The molecule has 45 heavy (non-hydrogen) atoms. The first kappa shape index (κ1) is 31.0. The number of nitrogens with one attached hydrogen (secondary N) is 3. The third kappa shape index (κ3) is 7.77. The fraction of sp³-hybridized carbons (Fsp3) is 0.156. The lowest BCUT2D eigenvalue weighted by Gasteiger charge is -2.18. The Morgan fingerprint density at radius 2 is 1.47 bits per heavy atom. The molecular formula is C32H32N6O6S. The number of aryl methyl sites for hydroxylation is 1. The zero-order valence-corrected chi connectivity index (χ0v) is 25.6. The van der Waals surface area contributed by atoms with Crippen LogP contribution in [0.15, 0.2) is 95.9 Å². The molecule has 5 N–H and O–H groups in total. The van der Waals surface area contributed by atoms with Crippen molar-refractivity contribution in [3.05, 3.63) is 102 Å². The predicted octanol–water partition coefficient (Wildman–Crippen LogP) is 4.94. The van der Waals surface area contributed by atoms with Crippen molar-refractivity contribution in [2.45, 2.75) is 24.7 Å². The normalized spacial score (nSPS) is 11.9. The third-order valence-electron chi connectivity index (χ3n) is 6.65. The van der Waals surface area contributed by atoms with Crippen LogP contribution in [0.5, 0.6) is 11.5 Å². The maximum Gasteiger partial charge on any atom is 0.267 e. The second kappa shape index (κ2) is 13.5. The molecule has 13 heteroatoms. The minimum atomic E-state index is -4.20. The highest BCUT2D eigenvalue weighted by molar-refractivity contribution is 7.92. The van der Waals surface area contributed by atoms with E-state index in [1.807, 2.05) is 37.3 Å². The Labute approximate surface area is 260 Å². The minimum absolute atomic E-state index is 0.0368. The van der Waals surface area contributed by atoms with Gasteiger partial charge in [0.15, 0.2) is 11.6 Å². The van der Waals surface area contributed by atoms with Crippen LogP contribution in [0.2, 0.25) is 0 Å². The number of primary amides is 1. The number of carbonyl (C=O) groups excluding carboxylic acids is 1. The van der Waals surface area contributed by atoms with Gasteiger partial charge in [0, 0.05) is 29.6 Å². The first-order valence-electron chi connectivity index (χ1n) is 13.8. The molecule has 0 saturated heterocycles. The Balaban J connectivity index is 1.41. The monoisotopic (exact) mass is 628 g/mol. The second-order valence-electron chi connectivity index (χ2n) is 9.99. The summed E-state index contributed by atoms with van der Waals surface area (Å²) in [5, 5.41) is 6.00. The van der Waals surface area contributed by atoms with E-state index in [-0.39, 0.29) is 23.1 Å². The number of hydrogen-bond donors (Lipinski definition) is 4. The number of nitrogens with zero attached hydrogens (tertiary/aromatic N) is 2. The molecule has 0 spiro atoms. The van der Waals surface area contributed by atoms with Crippen molar-refractivity contribution in [1.29, 1.82) is 0 Å². The van der Waals surface area contributed by atoms with Crippen LogP contribution in [0, 0.1) is 6.92 Å². The van der Waals surface area contributed by atoms with Crippen molar-refractivity contribution < 1.29 is 27.4 Å². The molecule has 5 rings (SSSR count). The average molecular weight is 629 g/mol. The number of benzene rings is 4. The van der Waals surface area contributed by atoms with E-state index in [9.17, 15) is 13.2 Å². The van der Waals surface area contributed by atoms with E-state index >= 15 is 0 Å². The number of carbonyl (C=O) groups is 1. The maximum absolute atomic E-state index is 13.7. The van der Waals surface area contributed by atoms with Crippen LogP contribution in [0.1, 0.15) is 11.1 Å². The number of anilines is 4. The molecule has 1 heterocycles. The topological polar surface area (TPSA) is 167 Å². The summed E-state index contributed by atoms with van der Waals surface area (Å²) in [6, 6.07) is 25.7. The van der Waals surface area contributed by atoms with Crippen molar-refractivity contribution in [1.82, 2.24) is 9.97 Å². The van der Waals surface area contributed by atoms with Crippen LogP contribution in [0.25, 0.3) is 11.0 Å². The van der Waals surface area contributed by atoms with Crippen molar-refractivity contribution in [3.8, 4) is 11.5 Å². The molecule has 0 aliphatic rings. The fourth-order valence-corrected chi connectivity index (χ4v) is 5.38. The Morgan fingerprint density at radius 1 is 0.822 bits per heavy atom. The van der Waals surface area contributed by atoms with Gasteiger partial charge < -0.3 is 30.6 Å². The standard InChI is InChI=1S/C32H32N6O6S/c1-20-11-13-21(14-12-20)19-44-32(29(33)39)35-22-7-6-8-26(17-22)45(40,41)38-31-30(36-27-9-4-5-10-28(27)37-31)34-23-15-24(42-2)18-25(16-23)43-3/h4-18,32,35H,19H2,1-3H3,(H2,33,39)(H,34,36)(H,37,38). The molecule has 0 saturated carbocycles. The predicted molar refractivity (Wildman–Crippen MR) is 172 cm³/mol. The Kier molecular flexibility index (Phi) is 9.31. The summed E-state index contributed by atoms with van der Waals surface area (Å²) in [5.74, 6) is 0.401. The number of hydrogen-bond acceptors (Lipinski definition) is 10. The number of para-hydroxylation sites is 2. The first-order valence-corrected chi connectivity index (χ1v) is 15.2. The van der Waals surface area contributed by atoms with Crippen LogP contribution < -0.4 is 30.6 Å². The second-order valence-corrected chi connectivity index (χ2v) is 11.7. The summed E-state index contributed by atoms with van der Waals surface area (Å²) >= 11 is 0. The zero-order valence-electron chi connectivity index (χ0n) is 24.8. The Morgan fingerprint density at radius 3 is 2.09 bits per heavy atom. The molecule has 0 radical (unpaired) electrons. The number of amides is 1. The van der Waals surface area contributed by atoms with Gasteiger partial charge in [0.2, 0.25) is 6.23 Å². The van der Waals surface area contributed by atoms with Gasteiger partial charge in [-0.05, 0) is 42.8 Å². The third-order valence-corrected chi connectivity index (χ3v) is 7.99. The summed E-state index contributed by atoms with van der Waals surface area (Å²) < 4.78 is 46.3. The quantitative estimate of drug-likeness (QED) is 0.131. The number of nitrogens with two attached hydrogens (primary N) is 1. The van der Waals surface area contributed by atoms with E-state index in [1.54, 1.807) is 42.5 Å². The number of methoxy groups -OCH3 is 2. The molecule has 1 amide bonds. The number of ether oxygens (including phenoxy) is 3. The van der Waals surface area contributed by atoms with Gasteiger partial charge in [-0.2, -0.15) is 0 Å². The molecule has 1 unspecified atom stereocenters. The molecule has 232 valence electrons. The number of rotatable bonds is 13. The van der Waals surface area contributed by atoms with E-state index < -0.39 is 22.2 Å². The SMILES string of the molecule is COc1cc(Nc2nc3ccccc3nc2NS(=O)(=O)c2cccc(NC(OCc3ccc(C)cc3)C(N)=O)c2)cc(OC)c1. The van der Waals surface area contributed by atoms with Crippen molar-refractivity contribution in [2.75, 3.05) is 29.6 Å². The molecule has 0 fully saturated rings. The molecule has 0 aliphatic heterocycles. The van der Waals surface area contributed by atoms with Gasteiger partial charge in [-0.3, -0.25) is 9.52 Å². The van der Waals surface area contributed by atoms with Crippen molar-refractivity contribution >= 4 is 50.0 Å². The fourth-order valence-electron chi connectivity index (χ4n) is 4.32. The van der Waals surface area contributed by atoms with Gasteiger partial charge in [-0.25, -0.2) is 18.4 Å². The van der Waals surface area contributed by atoms with Crippen LogP contribution >= 0.6 is 0 Å². The number of sulfonamides is 1.